The first-order valence-electron chi connectivity index (χ1n) is 5.66. The Morgan fingerprint density at radius 1 is 1.16 bits per heavy atom. The van der Waals surface area contributed by atoms with E-state index in [4.69, 9.17) is 0 Å². The van der Waals surface area contributed by atoms with Crippen LogP contribution in [-0.2, 0) is 0 Å². The first-order valence-corrected chi connectivity index (χ1v) is 7.24. The monoisotopic (exact) mass is 382 g/mol. The van der Waals surface area contributed by atoms with Gasteiger partial charge in [-0.3, -0.25) is 0 Å². The standard InChI is InChI=1S/C14H9Br2FN2/c1-7-4-9(15)6-12-13(7)19-14(18-12)8-2-3-11(17)10(16)5-8/h2-6H,1H3,(H,18,19). The Kier molecular flexibility index (Phi) is 3.19. The molecular formula is C14H9Br2FN2. The molecule has 3 rings (SSSR count). The van der Waals surface area contributed by atoms with Gasteiger partial charge in [0.05, 0.1) is 15.5 Å². The average Bonchev–Trinajstić information content (AvgIpc) is 2.76. The molecule has 3 aromatic rings. The molecule has 2 aromatic carbocycles. The van der Waals surface area contributed by atoms with E-state index < -0.39 is 0 Å². The fraction of sp³-hybridized carbons (Fsp3) is 0.0714. The van der Waals surface area contributed by atoms with Crippen LogP contribution in [0.3, 0.4) is 0 Å². The molecule has 0 bridgehead atoms. The molecule has 1 aromatic heterocycles. The van der Waals surface area contributed by atoms with Gasteiger partial charge in [0.2, 0.25) is 0 Å². The fourth-order valence-corrected chi connectivity index (χ4v) is 2.98. The number of nitrogens with one attached hydrogen (secondary N) is 1. The fourth-order valence-electron chi connectivity index (χ4n) is 2.03. The quantitative estimate of drug-likeness (QED) is 0.614. The number of aromatic amines is 1. The minimum Gasteiger partial charge on any atom is -0.338 e. The van der Waals surface area contributed by atoms with E-state index >= 15 is 0 Å². The minimum atomic E-state index is -0.279. The van der Waals surface area contributed by atoms with E-state index in [0.717, 1.165) is 32.5 Å². The second-order valence-electron chi connectivity index (χ2n) is 4.33. The predicted octanol–water partition coefficient (Wildman–Crippen LogP) is 5.20. The van der Waals surface area contributed by atoms with Crippen LogP contribution in [0.2, 0.25) is 0 Å². The Bertz CT molecular complexity index is 780. The Morgan fingerprint density at radius 3 is 2.68 bits per heavy atom. The van der Waals surface area contributed by atoms with E-state index in [1.54, 1.807) is 12.1 Å². The number of rotatable bonds is 1. The highest BCUT2D eigenvalue weighted by Gasteiger charge is 2.09. The molecule has 96 valence electrons. The highest BCUT2D eigenvalue weighted by molar-refractivity contribution is 9.10. The lowest BCUT2D eigenvalue weighted by Gasteiger charge is -1.98. The number of benzene rings is 2. The van der Waals surface area contributed by atoms with Crippen molar-refractivity contribution in [1.82, 2.24) is 9.97 Å². The van der Waals surface area contributed by atoms with E-state index in [9.17, 15) is 4.39 Å². The van der Waals surface area contributed by atoms with Crippen molar-refractivity contribution < 1.29 is 4.39 Å². The van der Waals surface area contributed by atoms with Gasteiger partial charge in [-0.15, -0.1) is 0 Å². The van der Waals surface area contributed by atoms with E-state index in [-0.39, 0.29) is 5.82 Å². The van der Waals surface area contributed by atoms with Gasteiger partial charge in [0.25, 0.3) is 0 Å². The summed E-state index contributed by atoms with van der Waals surface area (Å²) in [5, 5.41) is 0. The van der Waals surface area contributed by atoms with Crippen molar-refractivity contribution in [3.05, 3.63) is 50.7 Å². The van der Waals surface area contributed by atoms with Crippen molar-refractivity contribution in [3.63, 3.8) is 0 Å². The molecule has 19 heavy (non-hydrogen) atoms. The van der Waals surface area contributed by atoms with Gasteiger partial charge in [-0.25, -0.2) is 9.37 Å². The molecule has 0 saturated heterocycles. The van der Waals surface area contributed by atoms with Crippen LogP contribution in [0.15, 0.2) is 39.3 Å². The SMILES string of the molecule is Cc1cc(Br)cc2[nH]c(-c3ccc(F)c(Br)c3)nc12. The summed E-state index contributed by atoms with van der Waals surface area (Å²) in [6.07, 6.45) is 0. The summed E-state index contributed by atoms with van der Waals surface area (Å²) >= 11 is 6.65. The van der Waals surface area contributed by atoms with Crippen molar-refractivity contribution in [2.24, 2.45) is 0 Å². The van der Waals surface area contributed by atoms with Crippen LogP contribution in [0.5, 0.6) is 0 Å². The maximum Gasteiger partial charge on any atom is 0.138 e. The first-order chi connectivity index (χ1) is 9.04. The van der Waals surface area contributed by atoms with Crippen LogP contribution >= 0.6 is 31.9 Å². The van der Waals surface area contributed by atoms with Gasteiger partial charge in [0.15, 0.2) is 0 Å². The van der Waals surface area contributed by atoms with Gasteiger partial charge in [0.1, 0.15) is 11.6 Å². The van der Waals surface area contributed by atoms with Gasteiger partial charge in [-0.2, -0.15) is 0 Å². The van der Waals surface area contributed by atoms with Crippen molar-refractivity contribution in [1.29, 1.82) is 0 Å². The second-order valence-corrected chi connectivity index (χ2v) is 6.10. The van der Waals surface area contributed by atoms with Crippen LogP contribution in [0, 0.1) is 12.7 Å². The summed E-state index contributed by atoms with van der Waals surface area (Å²) in [5.41, 5.74) is 3.83. The van der Waals surface area contributed by atoms with E-state index in [1.807, 2.05) is 19.1 Å². The lowest BCUT2D eigenvalue weighted by Crippen LogP contribution is -1.83. The molecule has 5 heteroatoms. The Hall–Kier alpha value is -1.20. The minimum absolute atomic E-state index is 0.279. The zero-order valence-corrected chi connectivity index (χ0v) is 13.1. The maximum absolute atomic E-state index is 13.3. The third kappa shape index (κ3) is 2.32. The number of H-pyrrole nitrogens is 1. The van der Waals surface area contributed by atoms with Crippen LogP contribution < -0.4 is 0 Å². The molecule has 1 N–H and O–H groups in total. The average molecular weight is 384 g/mol. The van der Waals surface area contributed by atoms with Crippen LogP contribution in [-0.4, -0.2) is 9.97 Å². The Labute approximate surface area is 126 Å². The number of hydrogen-bond acceptors (Lipinski definition) is 1. The molecule has 0 saturated carbocycles. The number of aromatic nitrogens is 2. The summed E-state index contributed by atoms with van der Waals surface area (Å²) in [4.78, 5) is 7.83. The molecule has 0 amide bonds. The van der Waals surface area contributed by atoms with Gasteiger partial charge >= 0.3 is 0 Å². The molecular weight excluding hydrogens is 375 g/mol. The normalized spacial score (nSPS) is 11.2. The van der Waals surface area contributed by atoms with Gasteiger partial charge in [0, 0.05) is 10.0 Å². The molecule has 2 nitrogen and oxygen atoms in total. The van der Waals surface area contributed by atoms with Gasteiger partial charge in [-0.1, -0.05) is 15.9 Å². The van der Waals surface area contributed by atoms with Gasteiger partial charge in [-0.05, 0) is 58.7 Å². The van der Waals surface area contributed by atoms with Crippen LogP contribution in [0.25, 0.3) is 22.4 Å². The molecule has 0 atom stereocenters. The number of nitrogens with zero attached hydrogens (tertiary/aromatic N) is 1. The maximum atomic E-state index is 13.3. The predicted molar refractivity (Wildman–Crippen MR) is 81.6 cm³/mol. The van der Waals surface area contributed by atoms with Crippen LogP contribution in [0.1, 0.15) is 5.56 Å². The zero-order valence-electron chi connectivity index (χ0n) is 9.97. The highest BCUT2D eigenvalue weighted by atomic mass is 79.9. The van der Waals surface area contributed by atoms with E-state index in [0.29, 0.717) is 4.47 Å². The van der Waals surface area contributed by atoms with Crippen LogP contribution in [0.4, 0.5) is 4.39 Å². The lowest BCUT2D eigenvalue weighted by molar-refractivity contribution is 0.621. The lowest BCUT2D eigenvalue weighted by atomic mass is 10.2. The molecule has 0 fully saturated rings. The number of imidazole rings is 1. The summed E-state index contributed by atoms with van der Waals surface area (Å²) in [7, 11) is 0. The van der Waals surface area contributed by atoms with Gasteiger partial charge < -0.3 is 4.98 Å². The smallest absolute Gasteiger partial charge is 0.138 e. The van der Waals surface area contributed by atoms with Crippen molar-refractivity contribution in [2.75, 3.05) is 0 Å². The molecule has 0 radical (unpaired) electrons. The number of halogens is 3. The summed E-state index contributed by atoms with van der Waals surface area (Å²) < 4.78 is 14.7. The van der Waals surface area contributed by atoms with E-state index in [2.05, 4.69) is 41.8 Å². The Balaban J connectivity index is 2.20. The van der Waals surface area contributed by atoms with Crippen molar-refractivity contribution in [2.45, 2.75) is 6.92 Å². The zero-order chi connectivity index (χ0) is 13.6. The molecule has 0 unspecified atom stereocenters. The first kappa shape index (κ1) is 12.8. The Morgan fingerprint density at radius 2 is 1.95 bits per heavy atom. The number of aryl methyl sites for hydroxylation is 1. The van der Waals surface area contributed by atoms with E-state index in [1.165, 1.54) is 6.07 Å². The number of fused-ring (bicyclic) bond motifs is 1. The third-order valence-electron chi connectivity index (χ3n) is 2.93. The second kappa shape index (κ2) is 4.72. The third-order valence-corrected chi connectivity index (χ3v) is 4.00. The number of hydrogen-bond donors (Lipinski definition) is 1. The molecule has 0 aliphatic carbocycles. The summed E-state index contributed by atoms with van der Waals surface area (Å²) in [5.74, 6) is 0.454. The summed E-state index contributed by atoms with van der Waals surface area (Å²) in [6, 6.07) is 8.86. The molecule has 0 aliphatic heterocycles. The topological polar surface area (TPSA) is 28.7 Å². The van der Waals surface area contributed by atoms with Crippen molar-refractivity contribution >= 4 is 42.9 Å². The summed E-state index contributed by atoms with van der Waals surface area (Å²) in [6.45, 7) is 2.01. The molecule has 1 heterocycles. The highest BCUT2D eigenvalue weighted by Crippen LogP contribution is 2.28. The largest absolute Gasteiger partial charge is 0.338 e. The molecule has 0 aliphatic rings. The molecule has 0 spiro atoms. The van der Waals surface area contributed by atoms with Crippen molar-refractivity contribution in [3.8, 4) is 11.4 Å².